The molecule has 0 saturated carbocycles. The third-order valence-electron chi connectivity index (χ3n) is 7.37. The van der Waals surface area contributed by atoms with Crippen molar-refractivity contribution in [3.8, 4) is 28.4 Å². The first kappa shape index (κ1) is 31.2. The van der Waals surface area contributed by atoms with Crippen LogP contribution in [0.25, 0.3) is 11.1 Å². The predicted molar refractivity (Wildman–Crippen MR) is 166 cm³/mol. The summed E-state index contributed by atoms with van der Waals surface area (Å²) in [5.74, 6) is 1.74. The standard InChI is InChI=1S/C32H41N3O6S/c1-7-41-27-10-8-9-24(19-27)25-20-29(39-5)28(30(21-25)40-6)22-34-15-17-35(18-16-34)26-13-11-23(12-14-26)31(36)33-42(37,38)32(2,3)4/h8-14,19-21H,7,15-18,22H2,1-6H3,(H,33,36). The van der Waals surface area contributed by atoms with Crippen molar-refractivity contribution in [3.63, 3.8) is 0 Å². The van der Waals surface area contributed by atoms with Crippen LogP contribution in [0.1, 0.15) is 43.6 Å². The van der Waals surface area contributed by atoms with Gasteiger partial charge in [-0.3, -0.25) is 9.69 Å². The van der Waals surface area contributed by atoms with E-state index in [0.717, 1.165) is 65.8 Å². The van der Waals surface area contributed by atoms with Crippen LogP contribution in [0.2, 0.25) is 0 Å². The first-order chi connectivity index (χ1) is 20.0. The van der Waals surface area contributed by atoms with Crippen LogP contribution in [0.15, 0.2) is 60.7 Å². The molecule has 10 heteroatoms. The van der Waals surface area contributed by atoms with Gasteiger partial charge in [0.25, 0.3) is 5.91 Å². The smallest absolute Gasteiger partial charge is 0.264 e. The third-order valence-corrected chi connectivity index (χ3v) is 9.43. The minimum absolute atomic E-state index is 0.303. The molecular weight excluding hydrogens is 554 g/mol. The molecule has 42 heavy (non-hydrogen) atoms. The van der Waals surface area contributed by atoms with E-state index in [2.05, 4.69) is 14.5 Å². The van der Waals surface area contributed by atoms with Gasteiger partial charge in [0.15, 0.2) is 0 Å². The zero-order chi connectivity index (χ0) is 30.5. The average Bonchev–Trinajstić information content (AvgIpc) is 2.97. The van der Waals surface area contributed by atoms with Gasteiger partial charge >= 0.3 is 0 Å². The van der Waals surface area contributed by atoms with E-state index in [-0.39, 0.29) is 0 Å². The Morgan fingerprint density at radius 1 is 0.881 bits per heavy atom. The van der Waals surface area contributed by atoms with E-state index in [0.29, 0.717) is 18.7 Å². The van der Waals surface area contributed by atoms with Crippen molar-refractivity contribution < 1.29 is 27.4 Å². The number of hydrogen-bond acceptors (Lipinski definition) is 8. The zero-order valence-corrected chi connectivity index (χ0v) is 26.1. The molecule has 1 saturated heterocycles. The summed E-state index contributed by atoms with van der Waals surface area (Å²) in [7, 11) is -0.418. The summed E-state index contributed by atoms with van der Waals surface area (Å²) >= 11 is 0. The van der Waals surface area contributed by atoms with Crippen molar-refractivity contribution in [2.45, 2.75) is 39.0 Å². The van der Waals surface area contributed by atoms with E-state index in [4.69, 9.17) is 14.2 Å². The second-order valence-corrected chi connectivity index (χ2v) is 13.6. The number of anilines is 1. The van der Waals surface area contributed by atoms with Gasteiger partial charge in [0.1, 0.15) is 17.2 Å². The first-order valence-corrected chi connectivity index (χ1v) is 15.6. The lowest BCUT2D eigenvalue weighted by Crippen LogP contribution is -2.46. The molecule has 1 aliphatic rings. The Kier molecular flexibility index (Phi) is 9.68. The third kappa shape index (κ3) is 7.17. The van der Waals surface area contributed by atoms with Crippen LogP contribution in [-0.2, 0) is 16.6 Å². The fraction of sp³-hybridized carbons (Fsp3) is 0.406. The van der Waals surface area contributed by atoms with Crippen molar-refractivity contribution in [2.24, 2.45) is 0 Å². The molecule has 3 aromatic carbocycles. The molecule has 0 bridgehead atoms. The second kappa shape index (κ2) is 13.0. The van der Waals surface area contributed by atoms with Crippen LogP contribution in [0.5, 0.6) is 17.2 Å². The van der Waals surface area contributed by atoms with Crippen molar-refractivity contribution >= 4 is 21.6 Å². The highest BCUT2D eigenvalue weighted by atomic mass is 32.2. The molecule has 0 atom stereocenters. The molecule has 226 valence electrons. The maximum absolute atomic E-state index is 12.5. The summed E-state index contributed by atoms with van der Waals surface area (Å²) in [4.78, 5) is 17.1. The fourth-order valence-corrected chi connectivity index (χ4v) is 5.45. The van der Waals surface area contributed by atoms with Gasteiger partial charge in [-0.05, 0) is 87.4 Å². The SMILES string of the molecule is CCOc1cccc(-c2cc(OC)c(CN3CCN(c4ccc(C(=O)NS(=O)(=O)C(C)(C)C)cc4)CC3)c(OC)c2)c1. The molecule has 1 N–H and O–H groups in total. The second-order valence-electron chi connectivity index (χ2n) is 11.2. The van der Waals surface area contributed by atoms with Gasteiger partial charge < -0.3 is 19.1 Å². The van der Waals surface area contributed by atoms with Crippen molar-refractivity contribution in [3.05, 3.63) is 71.8 Å². The highest BCUT2D eigenvalue weighted by molar-refractivity contribution is 7.91. The monoisotopic (exact) mass is 595 g/mol. The van der Waals surface area contributed by atoms with Gasteiger partial charge in [0.05, 0.1) is 31.1 Å². The largest absolute Gasteiger partial charge is 0.496 e. The predicted octanol–water partition coefficient (Wildman–Crippen LogP) is 4.95. The van der Waals surface area contributed by atoms with Crippen LogP contribution in [0.4, 0.5) is 5.69 Å². The Balaban J connectivity index is 1.41. The van der Waals surface area contributed by atoms with E-state index in [9.17, 15) is 13.2 Å². The number of piperazine rings is 1. The normalized spacial score (nSPS) is 14.4. The Morgan fingerprint density at radius 2 is 1.50 bits per heavy atom. The van der Waals surface area contributed by atoms with E-state index in [1.54, 1.807) is 47.1 Å². The van der Waals surface area contributed by atoms with E-state index < -0.39 is 20.7 Å². The van der Waals surface area contributed by atoms with Gasteiger partial charge in [-0.25, -0.2) is 13.1 Å². The number of carbonyl (C=O) groups excluding carboxylic acids is 1. The molecule has 9 nitrogen and oxygen atoms in total. The summed E-state index contributed by atoms with van der Waals surface area (Å²) in [6.07, 6.45) is 0. The quantitative estimate of drug-likeness (QED) is 0.352. The maximum atomic E-state index is 12.5. The van der Waals surface area contributed by atoms with Gasteiger partial charge in [-0.2, -0.15) is 0 Å². The van der Waals surface area contributed by atoms with E-state index in [1.807, 2.05) is 55.5 Å². The van der Waals surface area contributed by atoms with Gasteiger partial charge in [0.2, 0.25) is 10.0 Å². The van der Waals surface area contributed by atoms with Crippen LogP contribution in [-0.4, -0.2) is 71.0 Å². The fourth-order valence-electron chi connectivity index (χ4n) is 4.78. The molecule has 1 fully saturated rings. The Hall–Kier alpha value is -3.76. The highest BCUT2D eigenvalue weighted by Gasteiger charge is 2.31. The number of methoxy groups -OCH3 is 2. The minimum atomic E-state index is -3.78. The van der Waals surface area contributed by atoms with Gasteiger partial charge in [-0.15, -0.1) is 0 Å². The van der Waals surface area contributed by atoms with Gasteiger partial charge in [-0.1, -0.05) is 12.1 Å². The molecule has 0 aliphatic carbocycles. The lowest BCUT2D eigenvalue weighted by atomic mass is 10.0. The Morgan fingerprint density at radius 3 is 2.05 bits per heavy atom. The molecular formula is C32H41N3O6S. The molecule has 0 aromatic heterocycles. The van der Waals surface area contributed by atoms with Crippen molar-refractivity contribution in [1.29, 1.82) is 0 Å². The summed E-state index contributed by atoms with van der Waals surface area (Å²) < 4.78 is 43.1. The minimum Gasteiger partial charge on any atom is -0.496 e. The van der Waals surface area contributed by atoms with E-state index >= 15 is 0 Å². The summed E-state index contributed by atoms with van der Waals surface area (Å²) in [5, 5.41) is 0. The molecule has 4 rings (SSSR count). The molecule has 0 unspecified atom stereocenters. The van der Waals surface area contributed by atoms with Crippen LogP contribution < -0.4 is 23.8 Å². The lowest BCUT2D eigenvalue weighted by Gasteiger charge is -2.36. The lowest BCUT2D eigenvalue weighted by molar-refractivity contribution is 0.0980. The van der Waals surface area contributed by atoms with Crippen LogP contribution in [0.3, 0.4) is 0 Å². The molecule has 1 heterocycles. The Bertz CT molecular complexity index is 1470. The van der Waals surface area contributed by atoms with Gasteiger partial charge in [0, 0.05) is 44.0 Å². The van der Waals surface area contributed by atoms with E-state index in [1.165, 1.54) is 0 Å². The Labute approximate surface area is 249 Å². The summed E-state index contributed by atoms with van der Waals surface area (Å²) in [6.45, 7) is 11.2. The number of nitrogens with zero attached hydrogens (tertiary/aromatic N) is 2. The number of benzene rings is 3. The summed E-state index contributed by atoms with van der Waals surface area (Å²) in [5.41, 5.74) is 4.30. The zero-order valence-electron chi connectivity index (χ0n) is 25.3. The number of ether oxygens (including phenoxy) is 3. The number of amides is 1. The molecule has 3 aromatic rings. The molecule has 0 spiro atoms. The topological polar surface area (TPSA) is 97.4 Å². The highest BCUT2D eigenvalue weighted by Crippen LogP contribution is 2.37. The van der Waals surface area contributed by atoms with Crippen molar-refractivity contribution in [2.75, 3.05) is 51.9 Å². The van der Waals surface area contributed by atoms with Crippen LogP contribution in [0, 0.1) is 0 Å². The number of carbonyl (C=O) groups is 1. The molecule has 1 amide bonds. The number of sulfonamides is 1. The van der Waals surface area contributed by atoms with Crippen molar-refractivity contribution in [1.82, 2.24) is 9.62 Å². The summed E-state index contributed by atoms with van der Waals surface area (Å²) in [6, 6.07) is 19.1. The number of rotatable bonds is 10. The molecule has 1 aliphatic heterocycles. The first-order valence-electron chi connectivity index (χ1n) is 14.1. The molecule has 0 radical (unpaired) electrons. The maximum Gasteiger partial charge on any atom is 0.264 e. The average molecular weight is 596 g/mol. The van der Waals surface area contributed by atoms with Crippen LogP contribution >= 0.6 is 0 Å². The number of nitrogens with one attached hydrogen (secondary N) is 1. The number of hydrogen-bond donors (Lipinski definition) is 1.